The smallest absolute Gasteiger partial charge is 0.0743 e. The lowest BCUT2D eigenvalue weighted by atomic mass is 9.90. The highest BCUT2D eigenvalue weighted by atomic mass is 16.3. The second-order valence-corrected chi connectivity index (χ2v) is 5.34. The topological polar surface area (TPSA) is 49.5 Å². The van der Waals surface area contributed by atoms with Crippen molar-refractivity contribution in [2.24, 2.45) is 11.7 Å². The summed E-state index contributed by atoms with van der Waals surface area (Å²) in [4.78, 5) is 2.36. The van der Waals surface area contributed by atoms with E-state index in [-0.39, 0.29) is 0 Å². The predicted octanol–water partition coefficient (Wildman–Crippen LogP) is 1.21. The molecule has 0 aliphatic carbocycles. The van der Waals surface area contributed by atoms with Crippen LogP contribution >= 0.6 is 0 Å². The fourth-order valence-corrected chi connectivity index (χ4v) is 2.30. The number of hydrogen-bond acceptors (Lipinski definition) is 3. The minimum atomic E-state index is -0.562. The molecule has 3 N–H and O–H groups in total. The van der Waals surface area contributed by atoms with Crippen LogP contribution in [0.3, 0.4) is 0 Å². The minimum Gasteiger partial charge on any atom is -0.389 e. The molecular formula is C12H26N2O. The fourth-order valence-electron chi connectivity index (χ4n) is 2.30. The fraction of sp³-hybridized carbons (Fsp3) is 1.00. The summed E-state index contributed by atoms with van der Waals surface area (Å²) in [6.45, 7) is 8.79. The van der Waals surface area contributed by atoms with Crippen LogP contribution in [-0.2, 0) is 0 Å². The number of hydrogen-bond donors (Lipinski definition) is 2. The van der Waals surface area contributed by atoms with E-state index < -0.39 is 5.60 Å². The molecule has 1 saturated heterocycles. The summed E-state index contributed by atoms with van der Waals surface area (Å²) >= 11 is 0. The third-order valence-electron chi connectivity index (χ3n) is 3.68. The Morgan fingerprint density at radius 2 is 2.20 bits per heavy atom. The lowest BCUT2D eigenvalue weighted by Crippen LogP contribution is -2.51. The number of nitrogens with two attached hydrogens (primary N) is 1. The molecule has 1 aliphatic rings. The van der Waals surface area contributed by atoms with Crippen LogP contribution in [0.25, 0.3) is 0 Å². The molecule has 0 bridgehead atoms. The SMILES string of the molecule is CCC(C)(O)CN1CCC(C)CC1CN. The van der Waals surface area contributed by atoms with Crippen molar-refractivity contribution in [2.75, 3.05) is 19.6 Å². The number of rotatable bonds is 4. The molecule has 3 unspecified atom stereocenters. The number of nitrogens with zero attached hydrogens (tertiary/aromatic N) is 1. The van der Waals surface area contributed by atoms with Crippen molar-refractivity contribution >= 4 is 0 Å². The van der Waals surface area contributed by atoms with E-state index in [1.54, 1.807) is 0 Å². The van der Waals surface area contributed by atoms with Gasteiger partial charge < -0.3 is 10.8 Å². The maximum absolute atomic E-state index is 10.1. The Morgan fingerprint density at radius 3 is 2.73 bits per heavy atom. The van der Waals surface area contributed by atoms with Gasteiger partial charge >= 0.3 is 0 Å². The van der Waals surface area contributed by atoms with Crippen molar-refractivity contribution in [1.29, 1.82) is 0 Å². The zero-order valence-electron chi connectivity index (χ0n) is 10.4. The second kappa shape index (κ2) is 5.28. The van der Waals surface area contributed by atoms with Crippen LogP contribution in [0, 0.1) is 5.92 Å². The Bertz CT molecular complexity index is 194. The summed E-state index contributed by atoms with van der Waals surface area (Å²) in [7, 11) is 0. The summed E-state index contributed by atoms with van der Waals surface area (Å²) in [6.07, 6.45) is 3.21. The molecule has 15 heavy (non-hydrogen) atoms. The molecule has 0 saturated carbocycles. The molecule has 0 aromatic rings. The molecule has 1 heterocycles. The van der Waals surface area contributed by atoms with E-state index in [4.69, 9.17) is 5.73 Å². The van der Waals surface area contributed by atoms with E-state index in [0.29, 0.717) is 12.6 Å². The largest absolute Gasteiger partial charge is 0.389 e. The molecule has 1 fully saturated rings. The van der Waals surface area contributed by atoms with E-state index in [2.05, 4.69) is 11.8 Å². The van der Waals surface area contributed by atoms with E-state index in [9.17, 15) is 5.11 Å². The Labute approximate surface area is 93.6 Å². The molecule has 3 heteroatoms. The molecular weight excluding hydrogens is 188 g/mol. The van der Waals surface area contributed by atoms with E-state index in [1.807, 2.05) is 13.8 Å². The van der Waals surface area contributed by atoms with Crippen LogP contribution in [0.4, 0.5) is 0 Å². The van der Waals surface area contributed by atoms with Gasteiger partial charge in [-0.1, -0.05) is 13.8 Å². The Morgan fingerprint density at radius 1 is 1.53 bits per heavy atom. The summed E-state index contributed by atoms with van der Waals surface area (Å²) in [5.41, 5.74) is 5.23. The molecule has 1 aliphatic heterocycles. The third kappa shape index (κ3) is 3.74. The van der Waals surface area contributed by atoms with Crippen molar-refractivity contribution < 1.29 is 5.11 Å². The van der Waals surface area contributed by atoms with Crippen LogP contribution in [0.2, 0.25) is 0 Å². The van der Waals surface area contributed by atoms with Crippen molar-refractivity contribution in [1.82, 2.24) is 4.90 Å². The quantitative estimate of drug-likeness (QED) is 0.739. The summed E-state index contributed by atoms with van der Waals surface area (Å²) in [6, 6.07) is 0.465. The average Bonchev–Trinajstić information content (AvgIpc) is 2.20. The van der Waals surface area contributed by atoms with Gasteiger partial charge in [-0.25, -0.2) is 0 Å². The monoisotopic (exact) mass is 214 g/mol. The van der Waals surface area contributed by atoms with Gasteiger partial charge in [-0.05, 0) is 38.6 Å². The minimum absolute atomic E-state index is 0.465. The van der Waals surface area contributed by atoms with Crippen LogP contribution in [0.1, 0.15) is 40.0 Å². The van der Waals surface area contributed by atoms with E-state index >= 15 is 0 Å². The molecule has 0 spiro atoms. The van der Waals surface area contributed by atoms with Gasteiger partial charge in [-0.15, -0.1) is 0 Å². The van der Waals surface area contributed by atoms with Gasteiger partial charge in [0.2, 0.25) is 0 Å². The molecule has 1 rings (SSSR count). The first-order valence-electron chi connectivity index (χ1n) is 6.15. The maximum atomic E-state index is 10.1. The molecule has 0 aromatic heterocycles. The van der Waals surface area contributed by atoms with Crippen LogP contribution in [0.5, 0.6) is 0 Å². The maximum Gasteiger partial charge on any atom is 0.0743 e. The first-order valence-corrected chi connectivity index (χ1v) is 6.15. The zero-order chi connectivity index (χ0) is 11.5. The van der Waals surface area contributed by atoms with Crippen LogP contribution < -0.4 is 5.73 Å². The van der Waals surface area contributed by atoms with Crippen molar-refractivity contribution in [3.05, 3.63) is 0 Å². The highest BCUT2D eigenvalue weighted by Crippen LogP contribution is 2.24. The van der Waals surface area contributed by atoms with Crippen molar-refractivity contribution in [3.8, 4) is 0 Å². The van der Waals surface area contributed by atoms with Gasteiger partial charge in [0.25, 0.3) is 0 Å². The van der Waals surface area contributed by atoms with Gasteiger partial charge in [0, 0.05) is 19.1 Å². The van der Waals surface area contributed by atoms with Gasteiger partial charge in [-0.3, -0.25) is 4.90 Å². The third-order valence-corrected chi connectivity index (χ3v) is 3.68. The number of aliphatic hydroxyl groups is 1. The Balaban J connectivity index is 2.52. The van der Waals surface area contributed by atoms with Gasteiger partial charge in [0.15, 0.2) is 0 Å². The summed E-state index contributed by atoms with van der Waals surface area (Å²) in [5.74, 6) is 0.779. The lowest BCUT2D eigenvalue weighted by molar-refractivity contribution is -0.0105. The number of β-amino-alcohol motifs (C(OH)–C–C–N with tert-alkyl or cyclic N) is 1. The second-order valence-electron chi connectivity index (χ2n) is 5.34. The molecule has 0 aromatic carbocycles. The lowest BCUT2D eigenvalue weighted by Gasteiger charge is -2.41. The van der Waals surface area contributed by atoms with Crippen LogP contribution in [-0.4, -0.2) is 41.3 Å². The van der Waals surface area contributed by atoms with Crippen molar-refractivity contribution in [3.63, 3.8) is 0 Å². The molecule has 3 atom stereocenters. The average molecular weight is 214 g/mol. The van der Waals surface area contributed by atoms with Gasteiger partial charge in [0.1, 0.15) is 0 Å². The molecule has 3 nitrogen and oxygen atoms in total. The zero-order valence-corrected chi connectivity index (χ0v) is 10.4. The molecule has 0 radical (unpaired) electrons. The standard InChI is InChI=1S/C12H26N2O/c1-4-12(3,15)9-14-6-5-10(2)7-11(14)8-13/h10-11,15H,4-9,13H2,1-3H3. The Hall–Kier alpha value is -0.120. The van der Waals surface area contributed by atoms with Crippen molar-refractivity contribution in [2.45, 2.75) is 51.7 Å². The Kier molecular flexibility index (Phi) is 4.56. The highest BCUT2D eigenvalue weighted by molar-refractivity contribution is 4.85. The summed E-state index contributed by atoms with van der Waals surface area (Å²) < 4.78 is 0. The van der Waals surface area contributed by atoms with E-state index in [1.165, 1.54) is 12.8 Å². The normalized spacial score (nSPS) is 32.6. The molecule has 90 valence electrons. The first kappa shape index (κ1) is 12.9. The molecule has 0 amide bonds. The number of piperidine rings is 1. The van der Waals surface area contributed by atoms with E-state index in [0.717, 1.165) is 25.4 Å². The predicted molar refractivity (Wildman–Crippen MR) is 63.7 cm³/mol. The van der Waals surface area contributed by atoms with Gasteiger partial charge in [-0.2, -0.15) is 0 Å². The highest BCUT2D eigenvalue weighted by Gasteiger charge is 2.30. The summed E-state index contributed by atoms with van der Waals surface area (Å²) in [5, 5.41) is 10.1. The van der Waals surface area contributed by atoms with Gasteiger partial charge in [0.05, 0.1) is 5.60 Å². The first-order chi connectivity index (χ1) is 6.98. The van der Waals surface area contributed by atoms with Crippen LogP contribution in [0.15, 0.2) is 0 Å². The number of likely N-dealkylation sites (tertiary alicyclic amines) is 1.